The van der Waals surface area contributed by atoms with E-state index in [1.807, 2.05) is 18.2 Å². The lowest BCUT2D eigenvalue weighted by Gasteiger charge is -2.46. The Bertz CT molecular complexity index is 582. The summed E-state index contributed by atoms with van der Waals surface area (Å²) in [6.45, 7) is 9.38. The van der Waals surface area contributed by atoms with Crippen LogP contribution in [0.4, 0.5) is 0 Å². The molecular formula is C19H26ClNO2. The van der Waals surface area contributed by atoms with Crippen LogP contribution in [0.3, 0.4) is 0 Å². The van der Waals surface area contributed by atoms with Gasteiger partial charge in [0.2, 0.25) is 0 Å². The summed E-state index contributed by atoms with van der Waals surface area (Å²) in [5.41, 5.74) is 1.78. The first-order chi connectivity index (χ1) is 11.0. The molecule has 0 bridgehead atoms. The van der Waals surface area contributed by atoms with Crippen LogP contribution in [0, 0.1) is 11.3 Å². The first-order valence-corrected chi connectivity index (χ1v) is 9.06. The highest BCUT2D eigenvalue weighted by atomic mass is 35.5. The van der Waals surface area contributed by atoms with Crippen molar-refractivity contribution in [3.05, 3.63) is 34.9 Å². The average Bonchev–Trinajstić information content (AvgIpc) is 2.94. The highest BCUT2D eigenvalue weighted by molar-refractivity contribution is 6.30. The molecule has 1 aromatic rings. The van der Waals surface area contributed by atoms with Crippen LogP contribution < -0.4 is 0 Å². The maximum absolute atomic E-state index is 6.16. The lowest BCUT2D eigenvalue weighted by molar-refractivity contribution is -0.103. The predicted octanol–water partition coefficient (Wildman–Crippen LogP) is 3.92. The van der Waals surface area contributed by atoms with Gasteiger partial charge in [0.05, 0.1) is 19.3 Å². The summed E-state index contributed by atoms with van der Waals surface area (Å²) in [7, 11) is 0. The Balaban J connectivity index is 1.46. The van der Waals surface area contributed by atoms with Gasteiger partial charge in [-0.2, -0.15) is 0 Å². The van der Waals surface area contributed by atoms with Crippen molar-refractivity contribution >= 4 is 11.6 Å². The topological polar surface area (TPSA) is 21.7 Å². The SMILES string of the molecule is CC1(C)COC(c2cccc(Cl)c2)CN1CC1CC12CCOC2. The van der Waals surface area contributed by atoms with E-state index in [9.17, 15) is 0 Å². The van der Waals surface area contributed by atoms with Crippen LogP contribution in [0.25, 0.3) is 0 Å². The zero-order chi connectivity index (χ0) is 16.1. The molecule has 3 aliphatic rings. The minimum atomic E-state index is 0.0956. The normalized spacial score (nSPS) is 36.5. The average molecular weight is 336 g/mol. The number of nitrogens with zero attached hydrogens (tertiary/aromatic N) is 1. The summed E-state index contributed by atoms with van der Waals surface area (Å²) in [5.74, 6) is 0.794. The smallest absolute Gasteiger partial charge is 0.0953 e. The van der Waals surface area contributed by atoms with Gasteiger partial charge in [0.1, 0.15) is 0 Å². The molecule has 4 rings (SSSR count). The van der Waals surface area contributed by atoms with E-state index >= 15 is 0 Å². The zero-order valence-corrected chi connectivity index (χ0v) is 14.8. The van der Waals surface area contributed by atoms with Crippen molar-refractivity contribution in [2.75, 3.05) is 32.9 Å². The van der Waals surface area contributed by atoms with Crippen LogP contribution in [0.2, 0.25) is 5.02 Å². The lowest BCUT2D eigenvalue weighted by atomic mass is 9.96. The number of benzene rings is 1. The van der Waals surface area contributed by atoms with Crippen molar-refractivity contribution in [2.24, 2.45) is 11.3 Å². The number of ether oxygens (including phenoxy) is 2. The second-order valence-electron chi connectivity index (χ2n) is 8.14. The number of morpholine rings is 1. The molecule has 3 nitrogen and oxygen atoms in total. The van der Waals surface area contributed by atoms with Gasteiger partial charge in [-0.1, -0.05) is 23.7 Å². The summed E-state index contributed by atoms with van der Waals surface area (Å²) in [4.78, 5) is 2.62. The van der Waals surface area contributed by atoms with Gasteiger partial charge in [-0.25, -0.2) is 0 Å². The molecule has 0 radical (unpaired) electrons. The van der Waals surface area contributed by atoms with Crippen molar-refractivity contribution in [3.63, 3.8) is 0 Å². The van der Waals surface area contributed by atoms with Crippen LogP contribution >= 0.6 is 11.6 Å². The van der Waals surface area contributed by atoms with E-state index < -0.39 is 0 Å². The Morgan fingerprint density at radius 1 is 1.30 bits per heavy atom. The fraction of sp³-hybridized carbons (Fsp3) is 0.684. The molecule has 2 saturated heterocycles. The maximum Gasteiger partial charge on any atom is 0.0953 e. The summed E-state index contributed by atoms with van der Waals surface area (Å²) in [6.07, 6.45) is 2.71. The van der Waals surface area contributed by atoms with Crippen LogP contribution in [0.1, 0.15) is 38.4 Å². The summed E-state index contributed by atoms with van der Waals surface area (Å²) in [5, 5.41) is 0.784. The molecule has 0 N–H and O–H groups in total. The first-order valence-electron chi connectivity index (χ1n) is 8.68. The lowest BCUT2D eigenvalue weighted by Crippen LogP contribution is -2.54. The minimum absolute atomic E-state index is 0.0956. The van der Waals surface area contributed by atoms with E-state index in [-0.39, 0.29) is 11.6 Å². The Morgan fingerprint density at radius 2 is 2.17 bits per heavy atom. The molecule has 1 aliphatic carbocycles. The van der Waals surface area contributed by atoms with E-state index in [4.69, 9.17) is 21.1 Å². The van der Waals surface area contributed by atoms with Crippen LogP contribution in [0.15, 0.2) is 24.3 Å². The third kappa shape index (κ3) is 3.05. The zero-order valence-electron chi connectivity index (χ0n) is 14.1. The van der Waals surface area contributed by atoms with Crippen LogP contribution in [-0.4, -0.2) is 43.3 Å². The van der Waals surface area contributed by atoms with E-state index in [0.717, 1.165) is 43.9 Å². The van der Waals surface area contributed by atoms with Crippen molar-refractivity contribution < 1.29 is 9.47 Å². The van der Waals surface area contributed by atoms with Gasteiger partial charge in [-0.3, -0.25) is 4.90 Å². The van der Waals surface area contributed by atoms with Gasteiger partial charge < -0.3 is 9.47 Å². The van der Waals surface area contributed by atoms with Gasteiger partial charge in [-0.05, 0) is 50.3 Å². The third-order valence-corrected chi connectivity index (χ3v) is 6.27. The van der Waals surface area contributed by atoms with Gasteiger partial charge in [0.15, 0.2) is 0 Å². The van der Waals surface area contributed by atoms with Gasteiger partial charge >= 0.3 is 0 Å². The highest BCUT2D eigenvalue weighted by Crippen LogP contribution is 2.58. The second-order valence-corrected chi connectivity index (χ2v) is 8.57. The molecule has 3 atom stereocenters. The maximum atomic E-state index is 6.16. The number of rotatable bonds is 3. The van der Waals surface area contributed by atoms with E-state index in [1.54, 1.807) is 0 Å². The van der Waals surface area contributed by atoms with Crippen molar-refractivity contribution in [2.45, 2.75) is 38.3 Å². The molecule has 1 aromatic carbocycles. The van der Waals surface area contributed by atoms with Crippen LogP contribution in [0.5, 0.6) is 0 Å². The van der Waals surface area contributed by atoms with E-state index in [0.29, 0.717) is 5.41 Å². The predicted molar refractivity (Wildman–Crippen MR) is 91.8 cm³/mol. The molecule has 0 aromatic heterocycles. The molecular weight excluding hydrogens is 310 g/mol. The molecule has 1 spiro atoms. The standard InChI is InChI=1S/C19H26ClNO2/c1-18(2)12-23-17(14-4-3-5-16(20)8-14)11-21(18)10-15-9-19(15)6-7-22-13-19/h3-5,8,15,17H,6-7,9-13H2,1-2H3. The highest BCUT2D eigenvalue weighted by Gasteiger charge is 2.57. The Labute approximate surface area is 143 Å². The molecule has 23 heavy (non-hydrogen) atoms. The number of halogens is 1. The van der Waals surface area contributed by atoms with Crippen LogP contribution in [-0.2, 0) is 9.47 Å². The number of hydrogen-bond acceptors (Lipinski definition) is 3. The molecule has 2 heterocycles. The quantitative estimate of drug-likeness (QED) is 0.835. The third-order valence-electron chi connectivity index (χ3n) is 6.03. The largest absolute Gasteiger partial charge is 0.381 e. The van der Waals surface area contributed by atoms with Gasteiger partial charge in [0, 0.05) is 35.7 Å². The monoisotopic (exact) mass is 335 g/mol. The van der Waals surface area contributed by atoms with E-state index in [1.165, 1.54) is 18.4 Å². The summed E-state index contributed by atoms with van der Waals surface area (Å²) < 4.78 is 11.8. The molecule has 3 fully saturated rings. The Morgan fingerprint density at radius 3 is 2.91 bits per heavy atom. The molecule has 3 unspecified atom stereocenters. The summed E-state index contributed by atoms with van der Waals surface area (Å²) >= 11 is 6.15. The fourth-order valence-electron chi connectivity index (χ4n) is 4.19. The fourth-order valence-corrected chi connectivity index (χ4v) is 4.39. The molecule has 1 saturated carbocycles. The first kappa shape index (κ1) is 15.9. The van der Waals surface area contributed by atoms with Crippen molar-refractivity contribution in [1.29, 1.82) is 0 Å². The van der Waals surface area contributed by atoms with Gasteiger partial charge in [-0.15, -0.1) is 0 Å². The van der Waals surface area contributed by atoms with E-state index in [2.05, 4.69) is 24.8 Å². The minimum Gasteiger partial charge on any atom is -0.381 e. The summed E-state index contributed by atoms with van der Waals surface area (Å²) in [6, 6.07) is 8.09. The Hall–Kier alpha value is -0.610. The molecule has 126 valence electrons. The Kier molecular flexibility index (Phi) is 3.96. The van der Waals surface area contributed by atoms with Crippen molar-refractivity contribution in [1.82, 2.24) is 4.90 Å². The van der Waals surface area contributed by atoms with Gasteiger partial charge in [0.25, 0.3) is 0 Å². The molecule has 0 amide bonds. The van der Waals surface area contributed by atoms with Crippen molar-refractivity contribution in [3.8, 4) is 0 Å². The molecule has 2 aliphatic heterocycles. The second kappa shape index (κ2) is 5.73. The number of hydrogen-bond donors (Lipinski definition) is 0. The molecule has 4 heteroatoms.